The van der Waals surface area contributed by atoms with Gasteiger partial charge in [0.25, 0.3) is 0 Å². The number of hydrogen-bond acceptors (Lipinski definition) is 1. The summed E-state index contributed by atoms with van der Waals surface area (Å²) in [5.41, 5.74) is 0. The molecule has 0 saturated heterocycles. The summed E-state index contributed by atoms with van der Waals surface area (Å²) in [6.07, 6.45) is 10.2. The molecule has 1 saturated carbocycles. The van der Waals surface area contributed by atoms with E-state index in [1.165, 1.54) is 51.5 Å². The summed E-state index contributed by atoms with van der Waals surface area (Å²) in [4.78, 5) is 0. The molecule has 0 heterocycles. The van der Waals surface area contributed by atoms with Crippen LogP contribution in [0.2, 0.25) is 0 Å². The second-order valence-corrected chi connectivity index (χ2v) is 4.71. The lowest BCUT2D eigenvalue weighted by atomic mass is 9.76. The average molecular weight is 197 g/mol. The zero-order valence-corrected chi connectivity index (χ0v) is 10.0. The molecular formula is C13H27N. The van der Waals surface area contributed by atoms with Crippen molar-refractivity contribution in [3.8, 4) is 0 Å². The molecule has 1 heteroatoms. The molecule has 1 N–H and O–H groups in total. The summed E-state index contributed by atoms with van der Waals surface area (Å²) in [6.45, 7) is 6.91. The Morgan fingerprint density at radius 1 is 1.07 bits per heavy atom. The van der Waals surface area contributed by atoms with Crippen LogP contribution in [0.15, 0.2) is 0 Å². The van der Waals surface area contributed by atoms with Crippen molar-refractivity contribution >= 4 is 0 Å². The van der Waals surface area contributed by atoms with Crippen LogP contribution in [0, 0.1) is 11.8 Å². The number of rotatable bonds is 6. The van der Waals surface area contributed by atoms with E-state index in [0.717, 1.165) is 18.4 Å². The highest BCUT2D eigenvalue weighted by Crippen LogP contribution is 2.34. The standard InChI is InChI=1S/C13H27N/c1-3-12-8-5-6-9-13(12)10-7-11-14-4-2/h12-14H,3-11H2,1-2H3. The lowest BCUT2D eigenvalue weighted by molar-refractivity contribution is 0.214. The van der Waals surface area contributed by atoms with E-state index in [9.17, 15) is 0 Å². The van der Waals surface area contributed by atoms with E-state index in [-0.39, 0.29) is 0 Å². The minimum Gasteiger partial charge on any atom is -0.317 e. The Balaban J connectivity index is 2.13. The molecular weight excluding hydrogens is 170 g/mol. The normalized spacial score (nSPS) is 27.9. The first kappa shape index (κ1) is 12.0. The topological polar surface area (TPSA) is 12.0 Å². The molecule has 2 unspecified atom stereocenters. The van der Waals surface area contributed by atoms with Gasteiger partial charge < -0.3 is 5.32 Å². The molecule has 1 nitrogen and oxygen atoms in total. The molecule has 0 radical (unpaired) electrons. The fourth-order valence-corrected chi connectivity index (χ4v) is 2.87. The van der Waals surface area contributed by atoms with Gasteiger partial charge in [-0.25, -0.2) is 0 Å². The lowest BCUT2D eigenvalue weighted by Crippen LogP contribution is -2.21. The highest BCUT2D eigenvalue weighted by atomic mass is 14.8. The van der Waals surface area contributed by atoms with Gasteiger partial charge in [-0.3, -0.25) is 0 Å². The third-order valence-corrected chi connectivity index (χ3v) is 3.77. The van der Waals surface area contributed by atoms with Gasteiger partial charge in [-0.1, -0.05) is 46.0 Å². The molecule has 0 bridgehead atoms. The maximum Gasteiger partial charge on any atom is -0.00489 e. The third-order valence-electron chi connectivity index (χ3n) is 3.77. The molecule has 1 fully saturated rings. The van der Waals surface area contributed by atoms with Gasteiger partial charge in [0.05, 0.1) is 0 Å². The van der Waals surface area contributed by atoms with Crippen molar-refractivity contribution in [3.05, 3.63) is 0 Å². The van der Waals surface area contributed by atoms with Crippen LogP contribution in [-0.4, -0.2) is 13.1 Å². The van der Waals surface area contributed by atoms with Crippen LogP contribution in [-0.2, 0) is 0 Å². The maximum atomic E-state index is 3.42. The van der Waals surface area contributed by atoms with Crippen molar-refractivity contribution in [2.45, 2.75) is 58.8 Å². The van der Waals surface area contributed by atoms with Crippen molar-refractivity contribution in [2.75, 3.05) is 13.1 Å². The fourth-order valence-electron chi connectivity index (χ4n) is 2.87. The SMILES string of the molecule is CCNCCCC1CCCCC1CC. The Morgan fingerprint density at radius 2 is 1.79 bits per heavy atom. The molecule has 2 atom stereocenters. The van der Waals surface area contributed by atoms with E-state index >= 15 is 0 Å². The van der Waals surface area contributed by atoms with Crippen LogP contribution < -0.4 is 5.32 Å². The molecule has 14 heavy (non-hydrogen) atoms. The molecule has 1 aliphatic rings. The molecule has 0 aromatic carbocycles. The Labute approximate surface area is 89.7 Å². The summed E-state index contributed by atoms with van der Waals surface area (Å²) < 4.78 is 0. The van der Waals surface area contributed by atoms with Crippen LogP contribution >= 0.6 is 0 Å². The minimum absolute atomic E-state index is 1.05. The second-order valence-electron chi connectivity index (χ2n) is 4.71. The van der Waals surface area contributed by atoms with Gasteiger partial charge in [0.2, 0.25) is 0 Å². The molecule has 0 aromatic heterocycles. The smallest absolute Gasteiger partial charge is 0.00489 e. The maximum absolute atomic E-state index is 3.42. The van der Waals surface area contributed by atoms with Crippen LogP contribution in [0.1, 0.15) is 58.8 Å². The van der Waals surface area contributed by atoms with Gasteiger partial charge >= 0.3 is 0 Å². The summed E-state index contributed by atoms with van der Waals surface area (Å²) >= 11 is 0. The Kier molecular flexibility index (Phi) is 6.25. The molecule has 0 aliphatic heterocycles. The van der Waals surface area contributed by atoms with Crippen LogP contribution in [0.3, 0.4) is 0 Å². The van der Waals surface area contributed by atoms with Crippen molar-refractivity contribution in [3.63, 3.8) is 0 Å². The Bertz CT molecular complexity index is 133. The van der Waals surface area contributed by atoms with E-state index in [1.54, 1.807) is 0 Å². The summed E-state index contributed by atoms with van der Waals surface area (Å²) in [6, 6.07) is 0. The zero-order valence-electron chi connectivity index (χ0n) is 10.0. The molecule has 84 valence electrons. The minimum atomic E-state index is 1.05. The number of nitrogens with one attached hydrogen (secondary N) is 1. The van der Waals surface area contributed by atoms with Gasteiger partial charge in [-0.2, -0.15) is 0 Å². The van der Waals surface area contributed by atoms with Gasteiger partial charge in [-0.15, -0.1) is 0 Å². The molecule has 1 aliphatic carbocycles. The van der Waals surface area contributed by atoms with E-state index in [0.29, 0.717) is 0 Å². The van der Waals surface area contributed by atoms with Crippen molar-refractivity contribution < 1.29 is 0 Å². The van der Waals surface area contributed by atoms with E-state index in [1.807, 2.05) is 0 Å². The molecule has 0 spiro atoms. The van der Waals surface area contributed by atoms with Crippen molar-refractivity contribution in [1.82, 2.24) is 5.32 Å². The van der Waals surface area contributed by atoms with Gasteiger partial charge in [0, 0.05) is 0 Å². The predicted molar refractivity (Wildman–Crippen MR) is 63.5 cm³/mol. The van der Waals surface area contributed by atoms with E-state index in [2.05, 4.69) is 19.2 Å². The first-order valence-corrected chi connectivity index (χ1v) is 6.59. The molecule has 0 aromatic rings. The van der Waals surface area contributed by atoms with Crippen LogP contribution in [0.4, 0.5) is 0 Å². The largest absolute Gasteiger partial charge is 0.317 e. The second kappa shape index (κ2) is 7.28. The highest BCUT2D eigenvalue weighted by molar-refractivity contribution is 4.74. The Hall–Kier alpha value is -0.0400. The van der Waals surface area contributed by atoms with Crippen LogP contribution in [0.5, 0.6) is 0 Å². The summed E-state index contributed by atoms with van der Waals surface area (Å²) in [5, 5.41) is 3.42. The van der Waals surface area contributed by atoms with Gasteiger partial charge in [0.1, 0.15) is 0 Å². The summed E-state index contributed by atoms with van der Waals surface area (Å²) in [5.74, 6) is 2.10. The molecule has 0 amide bonds. The van der Waals surface area contributed by atoms with Crippen molar-refractivity contribution in [2.24, 2.45) is 11.8 Å². The quantitative estimate of drug-likeness (QED) is 0.642. The fraction of sp³-hybridized carbons (Fsp3) is 1.00. The van der Waals surface area contributed by atoms with E-state index < -0.39 is 0 Å². The Morgan fingerprint density at radius 3 is 2.43 bits per heavy atom. The van der Waals surface area contributed by atoms with Crippen LogP contribution in [0.25, 0.3) is 0 Å². The third kappa shape index (κ3) is 4.00. The van der Waals surface area contributed by atoms with Gasteiger partial charge in [0.15, 0.2) is 0 Å². The van der Waals surface area contributed by atoms with Gasteiger partial charge in [-0.05, 0) is 37.8 Å². The first-order valence-electron chi connectivity index (χ1n) is 6.59. The number of hydrogen-bond donors (Lipinski definition) is 1. The highest BCUT2D eigenvalue weighted by Gasteiger charge is 2.22. The summed E-state index contributed by atoms with van der Waals surface area (Å²) in [7, 11) is 0. The monoisotopic (exact) mass is 197 g/mol. The first-order chi connectivity index (χ1) is 6.88. The van der Waals surface area contributed by atoms with Crippen molar-refractivity contribution in [1.29, 1.82) is 0 Å². The predicted octanol–water partition coefficient (Wildman–Crippen LogP) is 3.59. The lowest BCUT2D eigenvalue weighted by Gasteiger charge is -2.30. The van der Waals surface area contributed by atoms with E-state index in [4.69, 9.17) is 0 Å². The zero-order chi connectivity index (χ0) is 10.2. The molecule has 1 rings (SSSR count). The average Bonchev–Trinajstić information content (AvgIpc) is 2.25.